The van der Waals surface area contributed by atoms with Gasteiger partial charge in [0.2, 0.25) is 0 Å². The molecule has 1 aliphatic carbocycles. The van der Waals surface area contributed by atoms with E-state index in [-0.39, 0.29) is 5.02 Å². The van der Waals surface area contributed by atoms with Crippen LogP contribution in [-0.4, -0.2) is 15.4 Å². The molecule has 0 unspecified atom stereocenters. The number of carbonyl (C=O) groups is 1. The van der Waals surface area contributed by atoms with Crippen molar-refractivity contribution in [2.45, 2.75) is 10.3 Å². The fourth-order valence-electron chi connectivity index (χ4n) is 1.80. The van der Waals surface area contributed by atoms with Crippen LogP contribution in [0.3, 0.4) is 0 Å². The lowest BCUT2D eigenvalue weighted by Gasteiger charge is -2.01. The van der Waals surface area contributed by atoms with E-state index in [1.165, 1.54) is 12.1 Å². The Morgan fingerprint density at radius 2 is 2.00 bits per heavy atom. The molecule has 0 amide bonds. The average molecular weight is 284 g/mol. The van der Waals surface area contributed by atoms with Crippen molar-refractivity contribution in [2.24, 2.45) is 5.92 Å². The van der Waals surface area contributed by atoms with Crippen LogP contribution < -0.4 is 0 Å². The summed E-state index contributed by atoms with van der Waals surface area (Å²) in [5.41, 5.74) is 0.405. The van der Waals surface area contributed by atoms with Crippen LogP contribution in [0.15, 0.2) is 18.2 Å². The van der Waals surface area contributed by atoms with Crippen LogP contribution in [0.2, 0.25) is 5.02 Å². The maximum Gasteiger partial charge on any atom is 0.310 e. The summed E-state index contributed by atoms with van der Waals surface area (Å²) in [6.45, 7) is 0. The van der Waals surface area contributed by atoms with Gasteiger partial charge in [0.1, 0.15) is 10.2 Å². The lowest BCUT2D eigenvalue weighted by Crippen LogP contribution is -2.03. The lowest BCUT2D eigenvalue weighted by molar-refractivity contribution is -0.138. The van der Waals surface area contributed by atoms with Crippen molar-refractivity contribution in [3.63, 3.8) is 0 Å². The minimum Gasteiger partial charge on any atom is -0.481 e. The van der Waals surface area contributed by atoms with E-state index in [1.807, 2.05) is 0 Å². The van der Waals surface area contributed by atoms with Gasteiger partial charge in [-0.15, -0.1) is 0 Å². The van der Waals surface area contributed by atoms with Crippen LogP contribution in [0.25, 0.3) is 0 Å². The van der Waals surface area contributed by atoms with Crippen molar-refractivity contribution in [3.8, 4) is 0 Å². The van der Waals surface area contributed by atoms with Crippen LogP contribution in [-0.2, 0) is 4.79 Å². The minimum atomic E-state index is -1.39. The van der Waals surface area contributed by atoms with Crippen LogP contribution in [0.4, 0.5) is 4.39 Å². The second-order valence-corrected chi connectivity index (χ2v) is 5.55. The monoisotopic (exact) mass is 282 g/mol. The molecule has 1 aromatic carbocycles. The number of hydrogen-bond acceptors (Lipinski definition) is 1. The molecule has 0 aliphatic heterocycles. The molecule has 1 N–H and O–H groups in total. The zero-order valence-electron chi connectivity index (χ0n) is 7.75. The predicted molar refractivity (Wildman–Crippen MR) is 59.7 cm³/mol. The van der Waals surface area contributed by atoms with Crippen molar-refractivity contribution in [1.82, 2.24) is 0 Å². The van der Waals surface area contributed by atoms with Crippen molar-refractivity contribution < 1.29 is 14.3 Å². The van der Waals surface area contributed by atoms with E-state index in [0.29, 0.717) is 5.56 Å². The number of benzene rings is 1. The SMILES string of the molecule is O=C(O)[C@H]1[C@H](c2cc(F)cc(Cl)c2)C1(Cl)Cl. The fourth-order valence-corrected chi connectivity index (χ4v) is 2.85. The molecule has 0 bridgehead atoms. The van der Waals surface area contributed by atoms with E-state index in [9.17, 15) is 9.18 Å². The third kappa shape index (κ3) is 1.88. The molecule has 16 heavy (non-hydrogen) atoms. The summed E-state index contributed by atoms with van der Waals surface area (Å²) in [4.78, 5) is 10.8. The molecule has 86 valence electrons. The summed E-state index contributed by atoms with van der Waals surface area (Å²) < 4.78 is 11.7. The number of halogens is 4. The molecule has 0 spiro atoms. The molecule has 0 saturated heterocycles. The van der Waals surface area contributed by atoms with E-state index in [0.717, 1.165) is 6.07 Å². The van der Waals surface area contributed by atoms with Crippen molar-refractivity contribution in [3.05, 3.63) is 34.6 Å². The molecule has 6 heteroatoms. The number of carboxylic acids is 1. The highest BCUT2D eigenvalue weighted by molar-refractivity contribution is 6.53. The quantitative estimate of drug-likeness (QED) is 0.844. The number of hydrogen-bond donors (Lipinski definition) is 1. The van der Waals surface area contributed by atoms with Crippen LogP contribution in [0.1, 0.15) is 11.5 Å². The molecule has 0 aromatic heterocycles. The summed E-state index contributed by atoms with van der Waals surface area (Å²) in [5, 5.41) is 9.05. The van der Waals surface area contributed by atoms with Crippen LogP contribution in [0, 0.1) is 11.7 Å². The predicted octanol–water partition coefficient (Wildman–Crippen LogP) is 3.45. The smallest absolute Gasteiger partial charge is 0.310 e. The molecule has 1 fully saturated rings. The molecule has 2 nitrogen and oxygen atoms in total. The second-order valence-electron chi connectivity index (χ2n) is 3.67. The highest BCUT2D eigenvalue weighted by atomic mass is 35.5. The normalized spacial score (nSPS) is 26.5. The van der Waals surface area contributed by atoms with Gasteiger partial charge in [-0.05, 0) is 23.8 Å². The first-order valence-corrected chi connectivity index (χ1v) is 5.54. The summed E-state index contributed by atoms with van der Waals surface area (Å²) in [6, 6.07) is 3.80. The van der Waals surface area contributed by atoms with Crippen LogP contribution in [0.5, 0.6) is 0 Å². The van der Waals surface area contributed by atoms with Gasteiger partial charge in [-0.25, -0.2) is 4.39 Å². The molecule has 1 saturated carbocycles. The Kier molecular flexibility index (Phi) is 2.81. The Balaban J connectivity index is 2.37. The maximum absolute atomic E-state index is 13.1. The van der Waals surface area contributed by atoms with E-state index in [4.69, 9.17) is 39.9 Å². The third-order valence-electron chi connectivity index (χ3n) is 2.56. The highest BCUT2D eigenvalue weighted by Crippen LogP contribution is 2.65. The van der Waals surface area contributed by atoms with Crippen LogP contribution >= 0.6 is 34.8 Å². The largest absolute Gasteiger partial charge is 0.481 e. The van der Waals surface area contributed by atoms with Gasteiger partial charge >= 0.3 is 5.97 Å². The molecule has 2 rings (SSSR count). The van der Waals surface area contributed by atoms with E-state index in [2.05, 4.69) is 0 Å². The average Bonchev–Trinajstić information content (AvgIpc) is 2.67. The molecular weight excluding hydrogens is 277 g/mol. The van der Waals surface area contributed by atoms with E-state index >= 15 is 0 Å². The third-order valence-corrected chi connectivity index (χ3v) is 3.72. The summed E-state index contributed by atoms with van der Waals surface area (Å²) in [6.07, 6.45) is 0. The molecule has 0 radical (unpaired) electrons. The summed E-state index contributed by atoms with van der Waals surface area (Å²) in [7, 11) is 0. The highest BCUT2D eigenvalue weighted by Gasteiger charge is 2.68. The molecule has 0 heterocycles. The van der Waals surface area contributed by atoms with E-state index in [1.54, 1.807) is 0 Å². The fraction of sp³-hybridized carbons (Fsp3) is 0.300. The Morgan fingerprint density at radius 3 is 2.44 bits per heavy atom. The van der Waals surface area contributed by atoms with Gasteiger partial charge in [-0.1, -0.05) is 34.8 Å². The second kappa shape index (κ2) is 3.76. The molecule has 1 aliphatic rings. The van der Waals surface area contributed by atoms with Gasteiger partial charge in [0, 0.05) is 10.9 Å². The Bertz CT molecular complexity index is 441. The number of aliphatic carboxylic acids is 1. The number of carboxylic acid groups (broad SMARTS) is 1. The maximum atomic E-state index is 13.1. The van der Waals surface area contributed by atoms with Crippen molar-refractivity contribution in [1.29, 1.82) is 0 Å². The van der Waals surface area contributed by atoms with Crippen molar-refractivity contribution in [2.75, 3.05) is 0 Å². The van der Waals surface area contributed by atoms with Gasteiger partial charge in [0.05, 0.1) is 5.92 Å². The van der Waals surface area contributed by atoms with Gasteiger partial charge in [-0.3, -0.25) is 4.79 Å². The van der Waals surface area contributed by atoms with Gasteiger partial charge < -0.3 is 5.11 Å². The summed E-state index contributed by atoms with van der Waals surface area (Å²) in [5.74, 6) is -3.19. The lowest BCUT2D eigenvalue weighted by atomic mass is 10.1. The Labute approximate surface area is 106 Å². The molecule has 1 aromatic rings. The number of rotatable bonds is 2. The first-order valence-electron chi connectivity index (χ1n) is 4.40. The molecular formula is C10H6Cl3FO2. The number of alkyl halides is 2. The molecule has 2 atom stereocenters. The topological polar surface area (TPSA) is 37.3 Å². The zero-order valence-corrected chi connectivity index (χ0v) is 10.0. The Morgan fingerprint density at radius 1 is 1.38 bits per heavy atom. The standard InChI is InChI=1S/C10H6Cl3FO2/c11-5-1-4(2-6(14)3-5)7-8(9(15)16)10(7,12)13/h1-3,7-8H,(H,15,16)/t7-,8+/m0/s1. The first-order chi connectivity index (χ1) is 7.34. The minimum absolute atomic E-state index is 0.190. The summed E-state index contributed by atoms with van der Waals surface area (Å²) >= 11 is 17.3. The van der Waals surface area contributed by atoms with Gasteiger partial charge in [0.15, 0.2) is 0 Å². The first kappa shape index (κ1) is 12.0. The van der Waals surface area contributed by atoms with Gasteiger partial charge in [-0.2, -0.15) is 0 Å². The Hall–Kier alpha value is -0.510. The van der Waals surface area contributed by atoms with Gasteiger partial charge in [0.25, 0.3) is 0 Å². The van der Waals surface area contributed by atoms with E-state index < -0.39 is 28.0 Å². The zero-order chi connectivity index (χ0) is 12.1. The van der Waals surface area contributed by atoms with Crippen molar-refractivity contribution >= 4 is 40.8 Å².